The highest BCUT2D eigenvalue weighted by atomic mass is 16.7. The number of hydrogen-bond donors (Lipinski definition) is 10. The van der Waals surface area contributed by atoms with Crippen molar-refractivity contribution in [2.45, 2.75) is 151 Å². The average Bonchev–Trinajstić information content (AvgIpc) is 3.54. The number of hydrogen-bond acceptors (Lipinski definition) is 13. The Morgan fingerprint density at radius 1 is 0.849 bits per heavy atom. The molecule has 2 aromatic rings. The van der Waals surface area contributed by atoms with Crippen LogP contribution in [0.25, 0.3) is 10.9 Å². The predicted octanol–water partition coefficient (Wildman–Crippen LogP) is 1.06. The standard InChI is InChI=1S/C38H60N2O13/c1-23(42)13-11-9-7-5-3-2-4-6-8-10-12-14-30(43)39-18-17-24-20-40-27-16-15-25(19-26(24)27)51-38-36(49)34(47)32(45)29(53-38)22-50-37-35(48)33(46)31(44)28(21-41)52-37/h3,5,15-16,19-20,23,28-29,31-38,40-42,44-49H,2,4,6-14,17-18,21-22H2,1H3,(H,39,43)/b5-3-/t23?,28?,29?,31-,32-,33+,34+,35?,36?,37+,38+/m1/s1. The van der Waals surface area contributed by atoms with E-state index in [1.807, 2.05) is 13.1 Å². The molecule has 2 fully saturated rings. The van der Waals surface area contributed by atoms with Crippen molar-refractivity contribution in [3.8, 4) is 5.75 Å². The number of aromatic nitrogens is 1. The van der Waals surface area contributed by atoms with Crippen molar-refractivity contribution in [1.29, 1.82) is 0 Å². The van der Waals surface area contributed by atoms with E-state index >= 15 is 0 Å². The number of carbonyl (C=O) groups is 1. The lowest BCUT2D eigenvalue weighted by Gasteiger charge is -2.42. The lowest BCUT2D eigenvalue weighted by molar-refractivity contribution is -0.323. The summed E-state index contributed by atoms with van der Waals surface area (Å²) >= 11 is 0. The van der Waals surface area contributed by atoms with Gasteiger partial charge in [0.15, 0.2) is 6.29 Å². The number of aromatic amines is 1. The highest BCUT2D eigenvalue weighted by Crippen LogP contribution is 2.29. The van der Waals surface area contributed by atoms with Gasteiger partial charge in [0.05, 0.1) is 19.3 Å². The first kappa shape index (κ1) is 43.1. The Hall–Kier alpha value is -2.67. The summed E-state index contributed by atoms with van der Waals surface area (Å²) in [4.78, 5) is 15.6. The summed E-state index contributed by atoms with van der Waals surface area (Å²) in [5.41, 5.74) is 1.76. The fraction of sp³-hybridized carbons (Fsp3) is 0.711. The summed E-state index contributed by atoms with van der Waals surface area (Å²) in [6.45, 7) is 1.16. The Labute approximate surface area is 310 Å². The molecule has 1 amide bonds. The van der Waals surface area contributed by atoms with Gasteiger partial charge in [-0.25, -0.2) is 0 Å². The topological polar surface area (TPSA) is 244 Å². The van der Waals surface area contributed by atoms with Crippen LogP contribution in [-0.2, 0) is 25.4 Å². The van der Waals surface area contributed by atoms with Crippen LogP contribution in [0, 0.1) is 0 Å². The predicted molar refractivity (Wildman–Crippen MR) is 194 cm³/mol. The molecule has 3 heterocycles. The smallest absolute Gasteiger partial charge is 0.229 e. The molecular weight excluding hydrogens is 692 g/mol. The van der Waals surface area contributed by atoms with Crippen molar-refractivity contribution in [2.75, 3.05) is 19.8 Å². The minimum absolute atomic E-state index is 0.0154. The first-order valence-corrected chi connectivity index (χ1v) is 19.0. The Morgan fingerprint density at radius 2 is 1.49 bits per heavy atom. The summed E-state index contributed by atoms with van der Waals surface area (Å²) in [5.74, 6) is 0.324. The third kappa shape index (κ3) is 13.0. The number of aliphatic hydroxyl groups is 8. The summed E-state index contributed by atoms with van der Waals surface area (Å²) in [6, 6.07) is 5.17. The molecule has 2 aliphatic rings. The number of nitrogens with one attached hydrogen (secondary N) is 2. The third-order valence-corrected chi connectivity index (χ3v) is 9.83. The number of carbonyl (C=O) groups excluding carboxylic acids is 1. The number of allylic oxidation sites excluding steroid dienone is 2. The Balaban J connectivity index is 1.17. The van der Waals surface area contributed by atoms with Gasteiger partial charge in [0.1, 0.15) is 54.6 Å². The maximum atomic E-state index is 12.4. The number of ether oxygens (including phenoxy) is 4. The van der Waals surface area contributed by atoms with Gasteiger partial charge in [-0.15, -0.1) is 0 Å². The van der Waals surface area contributed by atoms with Crippen LogP contribution in [-0.4, -0.2) is 139 Å². The highest BCUT2D eigenvalue weighted by Gasteiger charge is 2.48. The number of H-pyrrole nitrogens is 1. The van der Waals surface area contributed by atoms with Gasteiger partial charge >= 0.3 is 0 Å². The molecule has 53 heavy (non-hydrogen) atoms. The first-order valence-electron chi connectivity index (χ1n) is 19.0. The Kier molecular flexibility index (Phi) is 17.9. The Morgan fingerprint density at radius 3 is 2.21 bits per heavy atom. The van der Waals surface area contributed by atoms with Crippen molar-refractivity contribution in [3.05, 3.63) is 42.1 Å². The quantitative estimate of drug-likeness (QED) is 0.0599. The van der Waals surface area contributed by atoms with Crippen LogP contribution in [0.4, 0.5) is 0 Å². The van der Waals surface area contributed by atoms with Gasteiger partial charge in [-0.05, 0) is 75.6 Å². The van der Waals surface area contributed by atoms with E-state index < -0.39 is 74.6 Å². The molecule has 1 aromatic carbocycles. The second-order valence-electron chi connectivity index (χ2n) is 14.2. The lowest BCUT2D eigenvalue weighted by atomic mass is 9.98. The molecule has 15 nitrogen and oxygen atoms in total. The van der Waals surface area contributed by atoms with Crippen LogP contribution >= 0.6 is 0 Å². The summed E-state index contributed by atoms with van der Waals surface area (Å²) in [7, 11) is 0. The van der Waals surface area contributed by atoms with Crippen molar-refractivity contribution >= 4 is 16.8 Å². The van der Waals surface area contributed by atoms with E-state index in [-0.39, 0.29) is 12.0 Å². The zero-order valence-electron chi connectivity index (χ0n) is 30.5. The number of rotatable bonds is 22. The van der Waals surface area contributed by atoms with Crippen LogP contribution in [0.1, 0.15) is 83.1 Å². The molecule has 11 atom stereocenters. The molecule has 1 aromatic heterocycles. The van der Waals surface area contributed by atoms with Crippen molar-refractivity contribution < 1.29 is 64.6 Å². The van der Waals surface area contributed by atoms with E-state index in [1.165, 1.54) is 0 Å². The van der Waals surface area contributed by atoms with Crippen LogP contribution in [0.3, 0.4) is 0 Å². The average molecular weight is 753 g/mol. The molecule has 15 heteroatoms. The number of aliphatic hydroxyl groups excluding tert-OH is 8. The Bertz CT molecular complexity index is 1390. The van der Waals surface area contributed by atoms with Crippen LogP contribution in [0.15, 0.2) is 36.5 Å². The molecule has 0 radical (unpaired) electrons. The minimum atomic E-state index is -1.68. The maximum Gasteiger partial charge on any atom is 0.229 e. The summed E-state index contributed by atoms with van der Waals surface area (Å²) in [6.07, 6.45) is 2.44. The monoisotopic (exact) mass is 752 g/mol. The molecular formula is C38H60N2O13. The van der Waals surface area contributed by atoms with E-state index in [4.69, 9.17) is 18.9 Å². The third-order valence-electron chi connectivity index (χ3n) is 9.83. The van der Waals surface area contributed by atoms with Gasteiger partial charge in [-0.1, -0.05) is 37.8 Å². The molecule has 0 aliphatic carbocycles. The van der Waals surface area contributed by atoms with E-state index in [9.17, 15) is 45.6 Å². The zero-order valence-corrected chi connectivity index (χ0v) is 30.5. The van der Waals surface area contributed by atoms with Gasteiger partial charge < -0.3 is 70.1 Å². The van der Waals surface area contributed by atoms with Crippen molar-refractivity contribution in [3.63, 3.8) is 0 Å². The summed E-state index contributed by atoms with van der Waals surface area (Å²) < 4.78 is 22.5. The van der Waals surface area contributed by atoms with Gasteiger partial charge in [-0.3, -0.25) is 4.79 Å². The lowest BCUT2D eigenvalue weighted by Crippen LogP contribution is -2.62. The maximum absolute atomic E-state index is 12.4. The van der Waals surface area contributed by atoms with Gasteiger partial charge in [0, 0.05) is 30.1 Å². The van der Waals surface area contributed by atoms with Crippen LogP contribution in [0.5, 0.6) is 5.75 Å². The van der Waals surface area contributed by atoms with Gasteiger partial charge in [0.2, 0.25) is 12.2 Å². The summed E-state index contributed by atoms with van der Waals surface area (Å²) in [5, 5.41) is 84.5. The largest absolute Gasteiger partial charge is 0.462 e. The second kappa shape index (κ2) is 22.0. The minimum Gasteiger partial charge on any atom is -0.462 e. The molecule has 0 saturated carbocycles. The molecule has 10 N–H and O–H groups in total. The fourth-order valence-electron chi connectivity index (χ4n) is 6.56. The number of unbranched alkanes of at least 4 members (excludes halogenated alkanes) is 7. The van der Waals surface area contributed by atoms with E-state index in [0.717, 1.165) is 80.7 Å². The molecule has 4 rings (SSSR count). The molecule has 0 bridgehead atoms. The number of amides is 1. The van der Waals surface area contributed by atoms with E-state index in [2.05, 4.69) is 22.5 Å². The fourth-order valence-corrected chi connectivity index (χ4v) is 6.56. The van der Waals surface area contributed by atoms with Crippen LogP contribution < -0.4 is 10.1 Å². The van der Waals surface area contributed by atoms with E-state index in [1.54, 1.807) is 18.2 Å². The molecule has 300 valence electrons. The van der Waals surface area contributed by atoms with Crippen molar-refractivity contribution in [1.82, 2.24) is 10.3 Å². The molecule has 2 aliphatic heterocycles. The SMILES string of the molecule is CC(O)CCCC/C=C\CCCCCCCC(=O)NCCc1c[nH]c2ccc(O[C@H]3OC(CO[C@H]4OC(CO)[C@@H](O)[C@H](O)C4O)[C@@H](O)[C@H](O)C3O)cc12. The number of fused-ring (bicyclic) bond motifs is 1. The molecule has 0 spiro atoms. The van der Waals surface area contributed by atoms with Gasteiger partial charge in [-0.2, -0.15) is 0 Å². The number of benzene rings is 1. The highest BCUT2D eigenvalue weighted by molar-refractivity contribution is 5.84. The van der Waals surface area contributed by atoms with Crippen molar-refractivity contribution in [2.24, 2.45) is 0 Å². The molecule has 2 saturated heterocycles. The second-order valence-corrected chi connectivity index (χ2v) is 14.2. The normalized spacial score (nSPS) is 29.8. The first-order chi connectivity index (χ1) is 25.5. The zero-order chi connectivity index (χ0) is 38.3. The molecule has 5 unspecified atom stereocenters. The van der Waals surface area contributed by atoms with Crippen LogP contribution in [0.2, 0.25) is 0 Å². The van der Waals surface area contributed by atoms with E-state index in [0.29, 0.717) is 25.1 Å². The van der Waals surface area contributed by atoms with Gasteiger partial charge in [0.25, 0.3) is 0 Å².